The van der Waals surface area contributed by atoms with E-state index in [0.29, 0.717) is 19.6 Å². The van der Waals surface area contributed by atoms with Crippen molar-refractivity contribution in [3.05, 3.63) is 35.9 Å². The average Bonchev–Trinajstić information content (AvgIpc) is 2.80. The highest BCUT2D eigenvalue weighted by Crippen LogP contribution is 2.27. The Morgan fingerprint density at radius 1 is 1.32 bits per heavy atom. The summed E-state index contributed by atoms with van der Waals surface area (Å²) in [5, 5.41) is 1.69. The van der Waals surface area contributed by atoms with Crippen LogP contribution in [-0.2, 0) is 25.3 Å². The molecule has 6 heteroatoms. The lowest BCUT2D eigenvalue weighted by Gasteiger charge is -2.23. The smallest absolute Gasteiger partial charge is 0.325 e. The third-order valence-corrected chi connectivity index (χ3v) is 4.21. The summed E-state index contributed by atoms with van der Waals surface area (Å²) in [5.41, 5.74) is 1.09. The van der Waals surface area contributed by atoms with Crippen molar-refractivity contribution < 1.29 is 18.8 Å². The molecule has 0 amide bonds. The number of ether oxygens (including phenoxy) is 1. The van der Waals surface area contributed by atoms with Gasteiger partial charge in [0.1, 0.15) is 6.04 Å². The monoisotopic (exact) mass is 323 g/mol. The molecule has 0 aliphatic carbocycles. The lowest BCUT2D eigenvalue weighted by Crippen LogP contribution is -2.36. The molecule has 1 saturated heterocycles. The molecule has 1 heterocycles. The largest absolute Gasteiger partial charge is 0.465 e. The van der Waals surface area contributed by atoms with Crippen LogP contribution in [0, 0.1) is 0 Å². The van der Waals surface area contributed by atoms with Crippen LogP contribution in [0.15, 0.2) is 30.3 Å². The van der Waals surface area contributed by atoms with E-state index in [0.717, 1.165) is 5.56 Å². The standard InChI is InChI=1S/C16H25NO4Si/c1-5-19-16(18)14-11-15(21-22(2,3)4)20-17(14)12-13-9-7-6-8-10-13/h6-10,14-15H,5,11-12H2,1-4H3. The molecule has 1 aromatic rings. The number of nitrogens with zero attached hydrogens (tertiary/aromatic N) is 1. The van der Waals surface area contributed by atoms with Gasteiger partial charge in [0, 0.05) is 6.42 Å². The molecule has 0 radical (unpaired) electrons. The van der Waals surface area contributed by atoms with Gasteiger partial charge in [-0.05, 0) is 32.1 Å². The van der Waals surface area contributed by atoms with Gasteiger partial charge in [-0.3, -0.25) is 9.63 Å². The van der Waals surface area contributed by atoms with Gasteiger partial charge in [0.25, 0.3) is 0 Å². The number of rotatable bonds is 6. The molecule has 1 fully saturated rings. The van der Waals surface area contributed by atoms with Gasteiger partial charge in [-0.15, -0.1) is 0 Å². The van der Waals surface area contributed by atoms with Gasteiger partial charge in [0.05, 0.1) is 13.2 Å². The SMILES string of the molecule is CCOC(=O)C1CC(O[Si](C)(C)C)ON1Cc1ccccc1. The molecule has 0 N–H and O–H groups in total. The highest BCUT2D eigenvalue weighted by molar-refractivity contribution is 6.69. The molecule has 2 atom stereocenters. The van der Waals surface area contributed by atoms with Crippen molar-refractivity contribution in [2.75, 3.05) is 6.61 Å². The lowest BCUT2D eigenvalue weighted by molar-refractivity contribution is -0.223. The van der Waals surface area contributed by atoms with Crippen LogP contribution >= 0.6 is 0 Å². The van der Waals surface area contributed by atoms with E-state index < -0.39 is 14.4 Å². The summed E-state index contributed by atoms with van der Waals surface area (Å²) in [6.07, 6.45) is 0.139. The number of benzene rings is 1. The van der Waals surface area contributed by atoms with Crippen LogP contribution in [0.25, 0.3) is 0 Å². The average molecular weight is 323 g/mol. The second-order valence-corrected chi connectivity index (χ2v) is 10.8. The van der Waals surface area contributed by atoms with E-state index in [4.69, 9.17) is 14.0 Å². The minimum absolute atomic E-state index is 0.250. The van der Waals surface area contributed by atoms with Crippen molar-refractivity contribution in [3.8, 4) is 0 Å². The maximum absolute atomic E-state index is 12.2. The molecular formula is C16H25NO4Si. The van der Waals surface area contributed by atoms with E-state index >= 15 is 0 Å². The van der Waals surface area contributed by atoms with Gasteiger partial charge in [-0.25, -0.2) is 0 Å². The Labute approximate surface area is 133 Å². The van der Waals surface area contributed by atoms with E-state index in [9.17, 15) is 4.79 Å². The zero-order chi connectivity index (χ0) is 16.2. The minimum Gasteiger partial charge on any atom is -0.465 e. The van der Waals surface area contributed by atoms with Crippen LogP contribution in [0.2, 0.25) is 19.6 Å². The number of hydrogen-bond acceptors (Lipinski definition) is 5. The predicted octanol–water partition coefficient (Wildman–Crippen LogP) is 2.93. The summed E-state index contributed by atoms with van der Waals surface area (Å²) in [6, 6.07) is 9.52. The molecule has 0 saturated carbocycles. The van der Waals surface area contributed by atoms with Gasteiger partial charge < -0.3 is 9.16 Å². The normalized spacial score (nSPS) is 22.7. The molecule has 22 heavy (non-hydrogen) atoms. The Balaban J connectivity index is 2.07. The van der Waals surface area contributed by atoms with Crippen LogP contribution < -0.4 is 0 Å². The Hall–Kier alpha value is -1.21. The number of esters is 1. The molecular weight excluding hydrogens is 298 g/mol. The molecule has 2 rings (SSSR count). The first-order chi connectivity index (χ1) is 10.4. The molecule has 0 spiro atoms. The van der Waals surface area contributed by atoms with Crippen LogP contribution in [0.4, 0.5) is 0 Å². The zero-order valence-electron chi connectivity index (χ0n) is 13.7. The first-order valence-corrected chi connectivity index (χ1v) is 11.1. The Bertz CT molecular complexity index is 489. The number of hydrogen-bond donors (Lipinski definition) is 0. The summed E-state index contributed by atoms with van der Waals surface area (Å²) in [6.45, 7) is 9.04. The molecule has 122 valence electrons. The van der Waals surface area contributed by atoms with Crippen molar-refractivity contribution in [1.29, 1.82) is 0 Å². The molecule has 1 aromatic carbocycles. The molecule has 0 bridgehead atoms. The fourth-order valence-corrected chi connectivity index (χ4v) is 3.32. The Morgan fingerprint density at radius 3 is 2.59 bits per heavy atom. The minimum atomic E-state index is -1.73. The van der Waals surface area contributed by atoms with Crippen LogP contribution in [0.3, 0.4) is 0 Å². The van der Waals surface area contributed by atoms with Crippen molar-refractivity contribution >= 4 is 14.3 Å². The molecule has 1 aliphatic heterocycles. The topological polar surface area (TPSA) is 48.0 Å². The highest BCUT2D eigenvalue weighted by atomic mass is 28.4. The summed E-state index contributed by atoms with van der Waals surface area (Å²) in [5.74, 6) is -0.250. The molecule has 1 aliphatic rings. The Kier molecular flexibility index (Phi) is 5.74. The first kappa shape index (κ1) is 17.1. The van der Waals surface area contributed by atoms with Gasteiger partial charge >= 0.3 is 5.97 Å². The van der Waals surface area contributed by atoms with Crippen molar-refractivity contribution in [2.24, 2.45) is 0 Å². The third kappa shape index (κ3) is 4.91. The number of carbonyl (C=O) groups excluding carboxylic acids is 1. The third-order valence-electron chi connectivity index (χ3n) is 3.24. The van der Waals surface area contributed by atoms with E-state index in [2.05, 4.69) is 19.6 Å². The van der Waals surface area contributed by atoms with Crippen LogP contribution in [0.5, 0.6) is 0 Å². The van der Waals surface area contributed by atoms with Crippen molar-refractivity contribution in [3.63, 3.8) is 0 Å². The van der Waals surface area contributed by atoms with Gasteiger partial charge in [0.2, 0.25) is 0 Å². The van der Waals surface area contributed by atoms with Gasteiger partial charge in [0.15, 0.2) is 14.6 Å². The maximum Gasteiger partial charge on any atom is 0.325 e. The highest BCUT2D eigenvalue weighted by Gasteiger charge is 2.41. The Morgan fingerprint density at radius 2 is 2.00 bits per heavy atom. The lowest BCUT2D eigenvalue weighted by atomic mass is 10.2. The second-order valence-electron chi connectivity index (χ2n) is 6.33. The van der Waals surface area contributed by atoms with Gasteiger partial charge in [-0.2, -0.15) is 5.06 Å². The van der Waals surface area contributed by atoms with Crippen LogP contribution in [0.1, 0.15) is 18.9 Å². The van der Waals surface area contributed by atoms with Crippen molar-refractivity contribution in [1.82, 2.24) is 5.06 Å². The zero-order valence-corrected chi connectivity index (χ0v) is 14.7. The van der Waals surface area contributed by atoms with Crippen molar-refractivity contribution in [2.45, 2.75) is 51.9 Å². The van der Waals surface area contributed by atoms with Gasteiger partial charge in [-0.1, -0.05) is 30.3 Å². The summed E-state index contributed by atoms with van der Waals surface area (Å²) >= 11 is 0. The number of hydroxylamine groups is 2. The summed E-state index contributed by atoms with van der Waals surface area (Å²) in [4.78, 5) is 18.0. The van der Waals surface area contributed by atoms with E-state index in [1.165, 1.54) is 0 Å². The molecule has 5 nitrogen and oxygen atoms in total. The molecule has 0 aromatic heterocycles. The van der Waals surface area contributed by atoms with E-state index in [-0.39, 0.29) is 12.3 Å². The van der Waals surface area contributed by atoms with Crippen LogP contribution in [-0.4, -0.2) is 38.3 Å². The van der Waals surface area contributed by atoms with E-state index in [1.807, 2.05) is 37.3 Å². The molecule has 2 unspecified atom stereocenters. The second kappa shape index (κ2) is 7.37. The summed E-state index contributed by atoms with van der Waals surface area (Å²) in [7, 11) is -1.73. The fourth-order valence-electron chi connectivity index (χ4n) is 2.39. The predicted molar refractivity (Wildman–Crippen MR) is 86.3 cm³/mol. The fraction of sp³-hybridized carbons (Fsp3) is 0.562. The first-order valence-electron chi connectivity index (χ1n) is 7.71. The summed E-state index contributed by atoms with van der Waals surface area (Å²) < 4.78 is 11.2. The quantitative estimate of drug-likeness (QED) is 0.595. The maximum atomic E-state index is 12.2. The number of carbonyl (C=O) groups is 1. The van der Waals surface area contributed by atoms with E-state index in [1.54, 1.807) is 5.06 Å².